The Kier molecular flexibility index (Phi) is 5.94. The average molecular weight is 403 g/mol. The zero-order valence-corrected chi connectivity index (χ0v) is 17.2. The largest absolute Gasteiger partial charge is 0.497 e. The van der Waals surface area contributed by atoms with Crippen molar-refractivity contribution in [3.8, 4) is 16.3 Å². The first-order chi connectivity index (χ1) is 12.9. The molecule has 142 valence electrons. The number of benzene rings is 2. The van der Waals surface area contributed by atoms with Crippen LogP contribution in [0.5, 0.6) is 5.75 Å². The number of hydrogen-bond donors (Lipinski definition) is 1. The number of aryl methyl sites for hydroxylation is 2. The molecule has 0 aliphatic rings. The fourth-order valence-electron chi connectivity index (χ4n) is 2.62. The van der Waals surface area contributed by atoms with Gasteiger partial charge in [0.15, 0.2) is 0 Å². The molecule has 0 aliphatic heterocycles. The lowest BCUT2D eigenvalue weighted by Crippen LogP contribution is -2.25. The maximum Gasteiger partial charge on any atom is 0.240 e. The molecule has 1 aromatic heterocycles. The smallest absolute Gasteiger partial charge is 0.240 e. The molecular weight excluding hydrogens is 380 g/mol. The number of aromatic nitrogens is 1. The first kappa shape index (κ1) is 19.5. The van der Waals surface area contributed by atoms with Crippen molar-refractivity contribution in [2.45, 2.75) is 25.2 Å². The molecule has 3 rings (SSSR count). The van der Waals surface area contributed by atoms with Crippen LogP contribution in [0.2, 0.25) is 0 Å². The predicted octanol–water partition coefficient (Wildman–Crippen LogP) is 3.96. The number of sulfonamides is 1. The lowest BCUT2D eigenvalue weighted by atomic mass is 10.2. The van der Waals surface area contributed by atoms with Crippen LogP contribution in [0.15, 0.2) is 53.4 Å². The molecule has 0 atom stereocenters. The summed E-state index contributed by atoms with van der Waals surface area (Å²) in [5.74, 6) is 0.803. The second kappa shape index (κ2) is 8.21. The summed E-state index contributed by atoms with van der Waals surface area (Å²) >= 11 is 1.59. The Balaban J connectivity index is 1.66. The second-order valence-corrected chi connectivity index (χ2v) is 9.07. The third kappa shape index (κ3) is 4.74. The SMILES string of the molecule is COc1ccc(-c2nc(C)c(CCNS(=O)(=O)c3ccc(C)cc3)s2)cc1. The predicted molar refractivity (Wildman–Crippen MR) is 109 cm³/mol. The molecule has 0 spiro atoms. The summed E-state index contributed by atoms with van der Waals surface area (Å²) in [7, 11) is -1.86. The number of nitrogens with one attached hydrogen (secondary N) is 1. The van der Waals surface area contributed by atoms with Crippen molar-refractivity contribution in [3.05, 3.63) is 64.7 Å². The number of methoxy groups -OCH3 is 1. The number of rotatable bonds is 7. The third-order valence-electron chi connectivity index (χ3n) is 4.21. The first-order valence-electron chi connectivity index (χ1n) is 8.56. The van der Waals surface area contributed by atoms with Gasteiger partial charge in [0.2, 0.25) is 10.0 Å². The molecule has 0 amide bonds. The highest BCUT2D eigenvalue weighted by Crippen LogP contribution is 2.29. The molecule has 3 aromatic rings. The number of hydrogen-bond acceptors (Lipinski definition) is 5. The van der Waals surface area contributed by atoms with E-state index in [9.17, 15) is 8.42 Å². The Hall–Kier alpha value is -2.22. The minimum absolute atomic E-state index is 0.285. The summed E-state index contributed by atoms with van der Waals surface area (Å²) in [5, 5.41) is 0.923. The molecule has 0 bridgehead atoms. The molecule has 5 nitrogen and oxygen atoms in total. The van der Waals surface area contributed by atoms with Gasteiger partial charge in [0.25, 0.3) is 0 Å². The van der Waals surface area contributed by atoms with Gasteiger partial charge in [0, 0.05) is 17.0 Å². The number of nitrogens with zero attached hydrogens (tertiary/aromatic N) is 1. The summed E-state index contributed by atoms with van der Waals surface area (Å²) in [6.45, 7) is 4.21. The van der Waals surface area contributed by atoms with E-state index in [1.807, 2.05) is 38.1 Å². The van der Waals surface area contributed by atoms with Crippen molar-refractivity contribution in [1.82, 2.24) is 9.71 Å². The van der Waals surface area contributed by atoms with Crippen LogP contribution in [0, 0.1) is 13.8 Å². The van der Waals surface area contributed by atoms with E-state index < -0.39 is 10.0 Å². The van der Waals surface area contributed by atoms with Crippen molar-refractivity contribution in [3.63, 3.8) is 0 Å². The summed E-state index contributed by atoms with van der Waals surface area (Å²) in [4.78, 5) is 5.98. The van der Waals surface area contributed by atoms with Crippen molar-refractivity contribution in [2.75, 3.05) is 13.7 Å². The highest BCUT2D eigenvalue weighted by molar-refractivity contribution is 7.89. The Morgan fingerprint density at radius 3 is 2.33 bits per heavy atom. The minimum atomic E-state index is -3.49. The van der Waals surface area contributed by atoms with Crippen molar-refractivity contribution in [1.29, 1.82) is 0 Å². The van der Waals surface area contributed by atoms with Crippen LogP contribution in [0.25, 0.3) is 10.6 Å². The van der Waals surface area contributed by atoms with E-state index in [4.69, 9.17) is 4.74 Å². The van der Waals surface area contributed by atoms with Gasteiger partial charge in [-0.2, -0.15) is 0 Å². The maximum absolute atomic E-state index is 12.4. The van der Waals surface area contributed by atoms with Crippen molar-refractivity contribution >= 4 is 21.4 Å². The first-order valence-corrected chi connectivity index (χ1v) is 10.9. The van der Waals surface area contributed by atoms with Gasteiger partial charge in [-0.25, -0.2) is 18.1 Å². The van der Waals surface area contributed by atoms with Gasteiger partial charge in [0.05, 0.1) is 17.7 Å². The van der Waals surface area contributed by atoms with Crippen LogP contribution in [-0.2, 0) is 16.4 Å². The maximum atomic E-state index is 12.4. The van der Waals surface area contributed by atoms with E-state index in [1.165, 1.54) is 0 Å². The lowest BCUT2D eigenvalue weighted by Gasteiger charge is -2.06. The van der Waals surface area contributed by atoms with Gasteiger partial charge in [-0.1, -0.05) is 17.7 Å². The van der Waals surface area contributed by atoms with Gasteiger partial charge in [0.1, 0.15) is 10.8 Å². The molecular formula is C20H22N2O3S2. The minimum Gasteiger partial charge on any atom is -0.497 e. The average Bonchev–Trinajstić information content (AvgIpc) is 3.03. The van der Waals surface area contributed by atoms with E-state index in [0.29, 0.717) is 13.0 Å². The van der Waals surface area contributed by atoms with E-state index in [1.54, 1.807) is 42.7 Å². The highest BCUT2D eigenvalue weighted by Gasteiger charge is 2.15. The van der Waals surface area contributed by atoms with Crippen LogP contribution in [-0.4, -0.2) is 27.1 Å². The third-order valence-corrected chi connectivity index (χ3v) is 6.95. The van der Waals surface area contributed by atoms with Gasteiger partial charge >= 0.3 is 0 Å². The van der Waals surface area contributed by atoms with E-state index in [0.717, 1.165) is 32.5 Å². The summed E-state index contributed by atoms with van der Waals surface area (Å²) in [6.07, 6.45) is 0.602. The molecule has 1 N–H and O–H groups in total. The number of thiazole rings is 1. The van der Waals surface area contributed by atoms with E-state index in [2.05, 4.69) is 9.71 Å². The molecule has 27 heavy (non-hydrogen) atoms. The van der Waals surface area contributed by atoms with Gasteiger partial charge in [-0.05, 0) is 56.7 Å². The summed E-state index contributed by atoms with van der Waals surface area (Å²) in [6, 6.07) is 14.6. The summed E-state index contributed by atoms with van der Waals surface area (Å²) < 4.78 is 32.6. The van der Waals surface area contributed by atoms with Crippen molar-refractivity contribution < 1.29 is 13.2 Å². The monoisotopic (exact) mass is 402 g/mol. The molecule has 1 heterocycles. The standard InChI is InChI=1S/C20H22N2O3S2/c1-14-4-10-18(11-5-14)27(23,24)21-13-12-19-15(2)22-20(26-19)16-6-8-17(25-3)9-7-16/h4-11,21H,12-13H2,1-3H3. The fraction of sp³-hybridized carbons (Fsp3) is 0.250. The van der Waals surface area contributed by atoms with Crippen molar-refractivity contribution in [2.24, 2.45) is 0 Å². The molecule has 0 aliphatic carbocycles. The molecule has 0 radical (unpaired) electrons. The quantitative estimate of drug-likeness (QED) is 0.650. The topological polar surface area (TPSA) is 68.3 Å². The zero-order valence-electron chi connectivity index (χ0n) is 15.5. The molecule has 0 saturated carbocycles. The van der Waals surface area contributed by atoms with E-state index >= 15 is 0 Å². The number of ether oxygens (including phenoxy) is 1. The van der Waals surface area contributed by atoms with Crippen LogP contribution in [0.3, 0.4) is 0 Å². The molecule has 2 aromatic carbocycles. The van der Waals surface area contributed by atoms with Crippen LogP contribution < -0.4 is 9.46 Å². The molecule has 0 saturated heterocycles. The molecule has 7 heteroatoms. The fourth-order valence-corrected chi connectivity index (χ4v) is 4.72. The highest BCUT2D eigenvalue weighted by atomic mass is 32.2. The van der Waals surface area contributed by atoms with Gasteiger partial charge in [-0.15, -0.1) is 11.3 Å². The van der Waals surface area contributed by atoms with Crippen LogP contribution in [0.1, 0.15) is 16.1 Å². The lowest BCUT2D eigenvalue weighted by molar-refractivity contribution is 0.415. The van der Waals surface area contributed by atoms with Crippen LogP contribution in [0.4, 0.5) is 0 Å². The zero-order chi connectivity index (χ0) is 19.4. The molecule has 0 unspecified atom stereocenters. The Labute approximate surface area is 164 Å². The van der Waals surface area contributed by atoms with Crippen LogP contribution >= 0.6 is 11.3 Å². The summed E-state index contributed by atoms with van der Waals surface area (Å²) in [5.41, 5.74) is 2.98. The van der Waals surface area contributed by atoms with E-state index in [-0.39, 0.29) is 4.90 Å². The van der Waals surface area contributed by atoms with Gasteiger partial charge in [-0.3, -0.25) is 0 Å². The Bertz CT molecular complexity index is 1010. The second-order valence-electron chi connectivity index (χ2n) is 6.22. The Morgan fingerprint density at radius 1 is 1.04 bits per heavy atom. The normalized spacial score (nSPS) is 11.5. The van der Waals surface area contributed by atoms with Gasteiger partial charge < -0.3 is 4.74 Å². The molecule has 0 fully saturated rings. The Morgan fingerprint density at radius 2 is 1.70 bits per heavy atom.